The van der Waals surface area contributed by atoms with E-state index in [1.54, 1.807) is 0 Å². The fraction of sp³-hybridized carbons (Fsp3) is 0.0492. The summed E-state index contributed by atoms with van der Waals surface area (Å²) in [6, 6.07) is 75.2. The molecule has 4 nitrogen and oxygen atoms in total. The van der Waals surface area contributed by atoms with Crippen LogP contribution in [0, 0.1) is 0 Å². The van der Waals surface area contributed by atoms with Gasteiger partial charge in [-0.3, -0.25) is 0 Å². The molecule has 0 saturated heterocycles. The first-order valence-corrected chi connectivity index (χ1v) is 22.5. The molecule has 0 atom stereocenters. The number of rotatable bonds is 4. The molecule has 0 fully saturated rings. The molecule has 0 spiro atoms. The van der Waals surface area contributed by atoms with Crippen LogP contribution in [-0.4, -0.2) is 19.1 Å². The van der Waals surface area contributed by atoms with Gasteiger partial charge in [-0.2, -0.15) is 0 Å². The zero-order chi connectivity index (χ0) is 43.0. The Morgan fingerprint density at radius 2 is 1.06 bits per heavy atom. The first kappa shape index (κ1) is 36.2. The lowest BCUT2D eigenvalue weighted by molar-refractivity contribution is 0.662. The van der Waals surface area contributed by atoms with Gasteiger partial charge in [0.2, 0.25) is 0 Å². The third-order valence-corrected chi connectivity index (χ3v) is 14.3. The lowest BCUT2D eigenvalue weighted by atomic mass is 9.79. The van der Waals surface area contributed by atoms with E-state index in [-0.39, 0.29) is 5.41 Å². The van der Waals surface area contributed by atoms with Gasteiger partial charge in [0, 0.05) is 59.9 Å². The second kappa shape index (κ2) is 13.3. The third-order valence-electron chi connectivity index (χ3n) is 14.3. The van der Waals surface area contributed by atoms with Gasteiger partial charge in [0.15, 0.2) is 5.82 Å². The van der Waals surface area contributed by atoms with Crippen LogP contribution in [0.25, 0.3) is 121 Å². The van der Waals surface area contributed by atoms with E-state index in [0.717, 1.165) is 44.4 Å². The molecule has 1 aliphatic carbocycles. The molecule has 3 heterocycles. The molecule has 0 aliphatic heterocycles. The molecule has 0 N–H and O–H groups in total. The summed E-state index contributed by atoms with van der Waals surface area (Å²) in [6.07, 6.45) is 0. The molecule has 0 bridgehead atoms. The van der Waals surface area contributed by atoms with Gasteiger partial charge in [0.05, 0.1) is 39.0 Å². The number of fused-ring (bicyclic) bond motifs is 13. The Balaban J connectivity index is 0.970. The van der Waals surface area contributed by atoms with Crippen molar-refractivity contribution in [3.05, 3.63) is 217 Å². The van der Waals surface area contributed by atoms with E-state index in [0.29, 0.717) is 5.82 Å². The molecule has 0 unspecified atom stereocenters. The number of nitrogens with zero attached hydrogens (tertiary/aromatic N) is 4. The predicted molar refractivity (Wildman–Crippen MR) is 272 cm³/mol. The zero-order valence-corrected chi connectivity index (χ0v) is 35.9. The van der Waals surface area contributed by atoms with Gasteiger partial charge in [-0.1, -0.05) is 172 Å². The molecule has 0 amide bonds. The summed E-state index contributed by atoms with van der Waals surface area (Å²) in [7, 11) is 0. The van der Waals surface area contributed by atoms with E-state index in [1.165, 1.54) is 82.1 Å². The highest BCUT2D eigenvalue weighted by atomic mass is 15.0. The van der Waals surface area contributed by atoms with Crippen molar-refractivity contribution >= 4 is 76.1 Å². The van der Waals surface area contributed by atoms with Crippen molar-refractivity contribution in [3.63, 3.8) is 0 Å². The molecule has 10 aromatic carbocycles. The van der Waals surface area contributed by atoms with Crippen molar-refractivity contribution in [1.29, 1.82) is 0 Å². The lowest BCUT2D eigenvalue weighted by Crippen LogP contribution is -2.16. The molecular formula is C61H40N4. The minimum atomic E-state index is -0.187. The Morgan fingerprint density at radius 3 is 1.94 bits per heavy atom. The van der Waals surface area contributed by atoms with Crippen LogP contribution in [-0.2, 0) is 5.41 Å². The van der Waals surface area contributed by atoms with E-state index < -0.39 is 0 Å². The lowest BCUT2D eigenvalue weighted by Gasteiger charge is -2.24. The largest absolute Gasteiger partial charge is 0.309 e. The predicted octanol–water partition coefficient (Wildman–Crippen LogP) is 15.8. The van der Waals surface area contributed by atoms with Crippen molar-refractivity contribution < 1.29 is 0 Å². The first-order valence-electron chi connectivity index (χ1n) is 22.5. The molecule has 0 radical (unpaired) electrons. The summed E-state index contributed by atoms with van der Waals surface area (Å²) in [6.45, 7) is 4.69. The number of aromatic nitrogens is 4. The van der Waals surface area contributed by atoms with Crippen LogP contribution in [0.2, 0.25) is 0 Å². The summed E-state index contributed by atoms with van der Waals surface area (Å²) in [5.74, 6) is 0.709. The molecule has 0 saturated carbocycles. The fourth-order valence-corrected chi connectivity index (χ4v) is 11.4. The van der Waals surface area contributed by atoms with Gasteiger partial charge in [-0.25, -0.2) is 9.97 Å². The maximum Gasteiger partial charge on any atom is 0.160 e. The van der Waals surface area contributed by atoms with E-state index in [2.05, 4.69) is 229 Å². The Bertz CT molecular complexity index is 4160. The van der Waals surface area contributed by atoms with Crippen LogP contribution in [0.3, 0.4) is 0 Å². The highest BCUT2D eigenvalue weighted by Crippen LogP contribution is 2.52. The van der Waals surface area contributed by atoms with Gasteiger partial charge in [0.25, 0.3) is 0 Å². The summed E-state index contributed by atoms with van der Waals surface area (Å²) < 4.78 is 4.91. The van der Waals surface area contributed by atoms with Crippen molar-refractivity contribution in [1.82, 2.24) is 19.1 Å². The Hall–Kier alpha value is -8.34. The second-order valence-corrected chi connectivity index (χ2v) is 18.1. The van der Waals surface area contributed by atoms with Crippen molar-refractivity contribution in [2.24, 2.45) is 0 Å². The average molecular weight is 829 g/mol. The second-order valence-electron chi connectivity index (χ2n) is 18.1. The summed E-state index contributed by atoms with van der Waals surface area (Å²) in [5.41, 5.74) is 16.1. The number of para-hydroxylation sites is 3. The van der Waals surface area contributed by atoms with Crippen LogP contribution in [0.5, 0.6) is 0 Å². The maximum absolute atomic E-state index is 5.51. The summed E-state index contributed by atoms with van der Waals surface area (Å²) in [5, 5.41) is 10.9. The van der Waals surface area contributed by atoms with Crippen molar-refractivity contribution in [2.75, 3.05) is 0 Å². The zero-order valence-electron chi connectivity index (χ0n) is 35.9. The van der Waals surface area contributed by atoms with Gasteiger partial charge in [-0.05, 0) is 81.6 Å². The average Bonchev–Trinajstić information content (AvgIpc) is 3.95. The monoisotopic (exact) mass is 828 g/mol. The Labute approximate surface area is 375 Å². The number of hydrogen-bond acceptors (Lipinski definition) is 2. The number of hydrogen-bond donors (Lipinski definition) is 0. The van der Waals surface area contributed by atoms with E-state index >= 15 is 0 Å². The Morgan fingerprint density at radius 1 is 0.400 bits per heavy atom. The van der Waals surface area contributed by atoms with Gasteiger partial charge >= 0.3 is 0 Å². The van der Waals surface area contributed by atoms with Crippen LogP contribution in [0.4, 0.5) is 0 Å². The van der Waals surface area contributed by atoms with Gasteiger partial charge < -0.3 is 9.13 Å². The smallest absolute Gasteiger partial charge is 0.160 e. The minimum absolute atomic E-state index is 0.187. The van der Waals surface area contributed by atoms with Crippen molar-refractivity contribution in [3.8, 4) is 45.1 Å². The van der Waals surface area contributed by atoms with Crippen LogP contribution < -0.4 is 0 Å². The van der Waals surface area contributed by atoms with Crippen molar-refractivity contribution in [2.45, 2.75) is 19.3 Å². The molecule has 65 heavy (non-hydrogen) atoms. The SMILES string of the molecule is CC1(C)c2ccccc2-c2cccc(-c3nc(-c4cccc(-n5c6ccccc6c6cc7c(-n8c9ccccc9c9ccc%10ccccc%10c98)cccc7cc65)c4)nc4ccccc34)c21. The highest BCUT2D eigenvalue weighted by Gasteiger charge is 2.38. The summed E-state index contributed by atoms with van der Waals surface area (Å²) in [4.78, 5) is 10.8. The van der Waals surface area contributed by atoms with Crippen LogP contribution >= 0.6 is 0 Å². The summed E-state index contributed by atoms with van der Waals surface area (Å²) >= 11 is 0. The van der Waals surface area contributed by atoms with Gasteiger partial charge in [-0.15, -0.1) is 0 Å². The van der Waals surface area contributed by atoms with Crippen LogP contribution in [0.15, 0.2) is 206 Å². The molecule has 3 aromatic heterocycles. The van der Waals surface area contributed by atoms with Crippen LogP contribution in [0.1, 0.15) is 25.0 Å². The van der Waals surface area contributed by atoms with Gasteiger partial charge in [0.1, 0.15) is 0 Å². The normalized spacial score (nSPS) is 13.2. The standard InChI is InChI=1S/C61H40N4/c1-61(2)51-27-9-5-21-42(51)45-25-15-26-48(57(45)61)58-47-24-6-10-28-52(47)62-60(63-58)39-18-13-19-40(34-39)64-53-29-11-8-23-44(53)50-36-49-38(35-56(50)64)17-14-31-55(49)65-54-30-12-7-22-43(54)46-33-32-37-16-3-4-20-41(37)59(46)65/h3-36H,1-2H3. The third kappa shape index (κ3) is 5.08. The fourth-order valence-electron chi connectivity index (χ4n) is 11.4. The van der Waals surface area contributed by atoms with E-state index in [1.807, 2.05) is 0 Å². The molecule has 13 aromatic rings. The molecule has 14 rings (SSSR count). The Kier molecular flexibility index (Phi) is 7.42. The molecule has 304 valence electrons. The first-order chi connectivity index (χ1) is 32.0. The highest BCUT2D eigenvalue weighted by molar-refractivity contribution is 6.20. The molecule has 1 aliphatic rings. The molecule has 4 heteroatoms. The molecular weight excluding hydrogens is 789 g/mol. The topological polar surface area (TPSA) is 35.6 Å². The van der Waals surface area contributed by atoms with E-state index in [9.17, 15) is 0 Å². The quantitative estimate of drug-likeness (QED) is 0.177. The minimum Gasteiger partial charge on any atom is -0.309 e. The van der Waals surface area contributed by atoms with E-state index in [4.69, 9.17) is 9.97 Å². The maximum atomic E-state index is 5.51. The number of benzene rings is 10.